The quantitative estimate of drug-likeness (QED) is 0.305. The van der Waals surface area contributed by atoms with Crippen molar-refractivity contribution in [3.05, 3.63) is 89.5 Å². The van der Waals surface area contributed by atoms with Gasteiger partial charge in [0.15, 0.2) is 0 Å². The zero-order valence-electron chi connectivity index (χ0n) is 20.0. The van der Waals surface area contributed by atoms with Crippen molar-refractivity contribution >= 4 is 56.1 Å². The number of nitrogens with two attached hydrogens (primary N) is 1. The summed E-state index contributed by atoms with van der Waals surface area (Å²) >= 11 is 0. The molecule has 1 aliphatic heterocycles. The van der Waals surface area contributed by atoms with Crippen LogP contribution in [0.4, 0.5) is 17.1 Å². The van der Waals surface area contributed by atoms with E-state index in [1.54, 1.807) is 30.3 Å². The monoisotopic (exact) mass is 520 g/mol. The van der Waals surface area contributed by atoms with Crippen molar-refractivity contribution in [3.8, 4) is 0 Å². The van der Waals surface area contributed by atoms with Gasteiger partial charge in [0, 0.05) is 11.3 Å². The lowest BCUT2D eigenvalue weighted by atomic mass is 9.99. The molecule has 0 saturated heterocycles. The van der Waals surface area contributed by atoms with Crippen molar-refractivity contribution in [2.45, 2.75) is 0 Å². The Kier molecular flexibility index (Phi) is 6.98. The summed E-state index contributed by atoms with van der Waals surface area (Å²) in [5, 5.41) is 6.07. The predicted octanol–water partition coefficient (Wildman–Crippen LogP) is 2.66. The number of anilines is 3. The third-order valence-corrected chi connectivity index (χ3v) is 6.76. The van der Waals surface area contributed by atoms with Crippen molar-refractivity contribution in [1.29, 1.82) is 0 Å². The van der Waals surface area contributed by atoms with Crippen molar-refractivity contribution in [1.82, 2.24) is 0 Å². The summed E-state index contributed by atoms with van der Waals surface area (Å²) in [4.78, 5) is 36.4. The Balaban J connectivity index is 1.77. The van der Waals surface area contributed by atoms with Gasteiger partial charge in [-0.3, -0.25) is 13.9 Å². The standard InChI is InChI=1S/C26H24N4O6S/c1-36-26(33)17-8-13-20-21(14-17)29-25(32)23(20)24(16-6-4-3-5-7-16)28-18-9-11-19(12-10-18)30(15-22(27)31)37(2,34)35/h3-14,28H,15H2,1-2H3,(H2,27,31)(H,29,32). The number of amides is 2. The third kappa shape index (κ3) is 5.46. The molecule has 0 radical (unpaired) electrons. The van der Waals surface area contributed by atoms with Crippen LogP contribution in [0, 0.1) is 0 Å². The van der Waals surface area contributed by atoms with Crippen LogP contribution in [-0.2, 0) is 24.3 Å². The molecule has 1 heterocycles. The minimum absolute atomic E-state index is 0.264. The van der Waals surface area contributed by atoms with Crippen molar-refractivity contribution in [2.75, 3.05) is 34.8 Å². The minimum atomic E-state index is -3.74. The number of esters is 1. The highest BCUT2D eigenvalue weighted by Gasteiger charge is 2.29. The van der Waals surface area contributed by atoms with E-state index in [9.17, 15) is 22.8 Å². The first kappa shape index (κ1) is 25.5. The zero-order valence-corrected chi connectivity index (χ0v) is 20.8. The normalized spacial score (nSPS) is 13.8. The molecule has 37 heavy (non-hydrogen) atoms. The summed E-state index contributed by atoms with van der Waals surface area (Å²) in [6, 6.07) is 20.4. The molecule has 3 aromatic carbocycles. The average molecular weight is 521 g/mol. The highest BCUT2D eigenvalue weighted by molar-refractivity contribution is 7.92. The van der Waals surface area contributed by atoms with E-state index in [1.165, 1.54) is 19.2 Å². The van der Waals surface area contributed by atoms with E-state index in [0.29, 0.717) is 33.8 Å². The fraction of sp³-hybridized carbons (Fsp3) is 0.115. The zero-order chi connectivity index (χ0) is 26.7. The highest BCUT2D eigenvalue weighted by Crippen LogP contribution is 2.38. The number of methoxy groups -OCH3 is 1. The third-order valence-electron chi connectivity index (χ3n) is 5.62. The number of nitrogens with one attached hydrogen (secondary N) is 2. The highest BCUT2D eigenvalue weighted by atomic mass is 32.2. The number of hydrogen-bond donors (Lipinski definition) is 3. The molecule has 4 rings (SSSR count). The molecule has 0 spiro atoms. The number of benzene rings is 3. The molecule has 0 unspecified atom stereocenters. The molecule has 190 valence electrons. The SMILES string of the molecule is COC(=O)c1ccc2c(c1)NC(=O)C2=C(Nc1ccc(N(CC(N)=O)S(C)(=O)=O)cc1)c1ccccc1. The summed E-state index contributed by atoms with van der Waals surface area (Å²) in [6.07, 6.45) is 0.988. The molecule has 1 aliphatic rings. The van der Waals surface area contributed by atoms with Gasteiger partial charge >= 0.3 is 5.97 Å². The Labute approximate surface area is 213 Å². The Bertz CT molecular complexity index is 1520. The predicted molar refractivity (Wildman–Crippen MR) is 141 cm³/mol. The summed E-state index contributed by atoms with van der Waals surface area (Å²) in [5.74, 6) is -1.66. The van der Waals surface area contributed by atoms with Gasteiger partial charge in [-0.2, -0.15) is 0 Å². The first-order chi connectivity index (χ1) is 17.6. The Hall–Kier alpha value is -4.64. The van der Waals surface area contributed by atoms with Crippen LogP contribution < -0.4 is 20.7 Å². The smallest absolute Gasteiger partial charge is 0.337 e. The maximum Gasteiger partial charge on any atom is 0.337 e. The van der Waals surface area contributed by atoms with Gasteiger partial charge in [-0.25, -0.2) is 13.2 Å². The number of sulfonamides is 1. The Morgan fingerprint density at radius 3 is 2.27 bits per heavy atom. The molecule has 11 heteroatoms. The maximum atomic E-state index is 13.1. The average Bonchev–Trinajstić information content (AvgIpc) is 3.20. The van der Waals surface area contributed by atoms with Crippen molar-refractivity contribution in [3.63, 3.8) is 0 Å². The lowest BCUT2D eigenvalue weighted by molar-refractivity contribution is -0.116. The van der Waals surface area contributed by atoms with Crippen LogP contribution in [0.2, 0.25) is 0 Å². The number of nitrogens with zero attached hydrogens (tertiary/aromatic N) is 1. The number of ether oxygens (including phenoxy) is 1. The van der Waals surface area contributed by atoms with Crippen LogP contribution in [-0.4, -0.2) is 46.1 Å². The van der Waals surface area contributed by atoms with E-state index in [4.69, 9.17) is 10.5 Å². The molecule has 0 fully saturated rings. The van der Waals surface area contributed by atoms with Gasteiger partial charge in [-0.05, 0) is 42.0 Å². The molecule has 0 bridgehead atoms. The van der Waals surface area contributed by atoms with E-state index in [-0.39, 0.29) is 11.6 Å². The summed E-state index contributed by atoms with van der Waals surface area (Å²) in [5.41, 5.74) is 9.03. The number of hydrogen-bond acceptors (Lipinski definition) is 7. The summed E-state index contributed by atoms with van der Waals surface area (Å²) < 4.78 is 30.0. The largest absolute Gasteiger partial charge is 0.465 e. The lowest BCUT2D eigenvalue weighted by Crippen LogP contribution is -2.37. The van der Waals surface area contributed by atoms with E-state index >= 15 is 0 Å². The lowest BCUT2D eigenvalue weighted by Gasteiger charge is -2.21. The molecular weight excluding hydrogens is 496 g/mol. The Morgan fingerprint density at radius 1 is 1.00 bits per heavy atom. The molecule has 0 aromatic heterocycles. The maximum absolute atomic E-state index is 13.1. The van der Waals surface area contributed by atoms with Crippen molar-refractivity contribution < 1.29 is 27.5 Å². The number of rotatable bonds is 8. The molecule has 0 atom stereocenters. The van der Waals surface area contributed by atoms with Gasteiger partial charge in [-0.15, -0.1) is 0 Å². The van der Waals surface area contributed by atoms with Crippen LogP contribution in [0.3, 0.4) is 0 Å². The van der Waals surface area contributed by atoms with Gasteiger partial charge in [0.1, 0.15) is 6.54 Å². The Morgan fingerprint density at radius 2 is 1.68 bits per heavy atom. The van der Waals surface area contributed by atoms with Crippen LogP contribution in [0.1, 0.15) is 21.5 Å². The van der Waals surface area contributed by atoms with E-state index < -0.39 is 28.4 Å². The molecule has 4 N–H and O–H groups in total. The van der Waals surface area contributed by atoms with E-state index in [2.05, 4.69) is 10.6 Å². The fourth-order valence-corrected chi connectivity index (χ4v) is 4.81. The van der Waals surface area contributed by atoms with E-state index in [1.807, 2.05) is 30.3 Å². The van der Waals surface area contributed by atoms with Crippen LogP contribution in [0.15, 0.2) is 72.8 Å². The summed E-state index contributed by atoms with van der Waals surface area (Å²) in [7, 11) is -2.46. The van der Waals surface area contributed by atoms with Gasteiger partial charge in [-0.1, -0.05) is 36.4 Å². The van der Waals surface area contributed by atoms with Crippen molar-refractivity contribution in [2.24, 2.45) is 5.73 Å². The van der Waals surface area contributed by atoms with Crippen LogP contribution >= 0.6 is 0 Å². The molecule has 2 amide bonds. The van der Waals surface area contributed by atoms with Crippen LogP contribution in [0.5, 0.6) is 0 Å². The second-order valence-corrected chi connectivity index (χ2v) is 10.1. The molecule has 10 nitrogen and oxygen atoms in total. The number of carbonyl (C=O) groups is 3. The number of primary amides is 1. The second-order valence-electron chi connectivity index (χ2n) is 8.23. The second kappa shape index (κ2) is 10.2. The first-order valence-electron chi connectivity index (χ1n) is 11.1. The first-order valence-corrected chi connectivity index (χ1v) is 12.9. The van der Waals surface area contributed by atoms with Gasteiger partial charge in [0.05, 0.1) is 41.6 Å². The summed E-state index contributed by atoms with van der Waals surface area (Å²) in [6.45, 7) is -0.491. The van der Waals surface area contributed by atoms with Crippen LogP contribution in [0.25, 0.3) is 11.3 Å². The minimum Gasteiger partial charge on any atom is -0.465 e. The molecule has 3 aromatic rings. The van der Waals surface area contributed by atoms with Gasteiger partial charge in [0.2, 0.25) is 15.9 Å². The molecule has 0 saturated carbocycles. The fourth-order valence-electron chi connectivity index (χ4n) is 3.95. The van der Waals surface area contributed by atoms with Gasteiger partial charge < -0.3 is 21.1 Å². The molecular formula is C26H24N4O6S. The van der Waals surface area contributed by atoms with E-state index in [0.717, 1.165) is 16.1 Å². The van der Waals surface area contributed by atoms with Gasteiger partial charge in [0.25, 0.3) is 5.91 Å². The number of carbonyl (C=O) groups excluding carboxylic acids is 3. The number of fused-ring (bicyclic) bond motifs is 1. The molecule has 0 aliphatic carbocycles. The topological polar surface area (TPSA) is 148 Å².